The molecule has 36 heavy (non-hydrogen) atoms. The zero-order valence-corrected chi connectivity index (χ0v) is 21.9. The van der Waals surface area contributed by atoms with Gasteiger partial charge in [0.25, 0.3) is 0 Å². The lowest BCUT2D eigenvalue weighted by Gasteiger charge is -2.29. The topological polar surface area (TPSA) is 78.0 Å². The van der Waals surface area contributed by atoms with Crippen LogP contribution in [0.15, 0.2) is 70.3 Å². The monoisotopic (exact) mass is 488 g/mol. The quantitative estimate of drug-likeness (QED) is 0.468. The average molecular weight is 489 g/mol. The number of fused-ring (bicyclic) bond motifs is 1. The van der Waals surface area contributed by atoms with Crippen LogP contribution < -0.4 is 10.0 Å². The van der Waals surface area contributed by atoms with Gasteiger partial charge in [0.05, 0.1) is 25.7 Å². The Morgan fingerprint density at radius 3 is 2.33 bits per heavy atom. The number of furan rings is 1. The van der Waals surface area contributed by atoms with Gasteiger partial charge in [-0.15, -0.1) is 0 Å². The number of quaternary nitrogens is 1. The maximum atomic E-state index is 13.7. The molecular formula is C30H36N2O4. The van der Waals surface area contributed by atoms with Crippen LogP contribution in [0.2, 0.25) is 0 Å². The minimum Gasteiger partial charge on any atom is -0.868 e. The number of nitrogens with one attached hydrogen (secondary N) is 1. The molecule has 0 spiro atoms. The minimum absolute atomic E-state index is 0.0299. The molecule has 2 heterocycles. The van der Waals surface area contributed by atoms with Gasteiger partial charge in [0.2, 0.25) is 11.7 Å². The summed E-state index contributed by atoms with van der Waals surface area (Å²) in [7, 11) is 0. The zero-order chi connectivity index (χ0) is 26.0. The van der Waals surface area contributed by atoms with E-state index in [-0.39, 0.29) is 16.7 Å². The fourth-order valence-corrected chi connectivity index (χ4v) is 4.94. The molecule has 3 aromatic rings. The molecule has 6 heteroatoms. The molecule has 1 aromatic heterocycles. The summed E-state index contributed by atoms with van der Waals surface area (Å²) >= 11 is 0. The zero-order valence-electron chi connectivity index (χ0n) is 21.9. The van der Waals surface area contributed by atoms with Crippen molar-refractivity contribution in [2.45, 2.75) is 52.5 Å². The molecule has 0 saturated heterocycles. The van der Waals surface area contributed by atoms with E-state index in [9.17, 15) is 14.7 Å². The molecule has 0 fully saturated rings. The summed E-state index contributed by atoms with van der Waals surface area (Å²) in [6.07, 6.45) is 0.749. The molecule has 2 aromatic carbocycles. The van der Waals surface area contributed by atoms with Crippen LogP contribution in [0.5, 0.6) is 0 Å². The summed E-state index contributed by atoms with van der Waals surface area (Å²) in [5, 5.41) is 14.0. The number of benzene rings is 2. The first-order valence-electron chi connectivity index (χ1n) is 12.8. The summed E-state index contributed by atoms with van der Waals surface area (Å²) in [6.45, 7) is 14.0. The normalized spacial score (nSPS) is 16.6. The number of ketones is 1. The molecule has 1 aliphatic heterocycles. The number of hydrogen-bond donors (Lipinski definition) is 1. The van der Waals surface area contributed by atoms with Crippen molar-refractivity contribution in [2.75, 3.05) is 26.2 Å². The summed E-state index contributed by atoms with van der Waals surface area (Å²) in [5.41, 5.74) is 2.41. The van der Waals surface area contributed by atoms with Crippen LogP contribution in [0.1, 0.15) is 68.8 Å². The highest BCUT2D eigenvalue weighted by molar-refractivity contribution is 6.15. The Hall–Kier alpha value is -3.38. The van der Waals surface area contributed by atoms with Crippen molar-refractivity contribution in [3.05, 3.63) is 82.8 Å². The number of carbonyl (C=O) groups excluding carboxylic acids is 2. The Bertz CT molecular complexity index is 1240. The molecule has 1 aliphatic rings. The maximum Gasteiger partial charge on any atom is 0.239 e. The van der Waals surface area contributed by atoms with Crippen molar-refractivity contribution in [3.63, 3.8) is 0 Å². The number of hydrogen-bond acceptors (Lipinski definition) is 4. The highest BCUT2D eigenvalue weighted by Gasteiger charge is 2.40. The fraction of sp³-hybridized carbons (Fsp3) is 0.400. The van der Waals surface area contributed by atoms with Crippen LogP contribution in [0, 0.1) is 0 Å². The van der Waals surface area contributed by atoms with Crippen molar-refractivity contribution in [1.82, 2.24) is 4.90 Å². The third-order valence-electron chi connectivity index (χ3n) is 7.20. The molecular weight excluding hydrogens is 452 g/mol. The van der Waals surface area contributed by atoms with Crippen molar-refractivity contribution >= 4 is 22.7 Å². The minimum atomic E-state index is -0.736. The predicted octanol–water partition coefficient (Wildman–Crippen LogP) is 3.43. The SMILES string of the molecule is CC[NH+](CC)CCCN1C(=O)C([O-])=C(C(=O)c2cc3ccccc3o2)C1c1ccc(C(C)(C)C)cc1. The van der Waals surface area contributed by atoms with Crippen LogP contribution in [0.3, 0.4) is 0 Å². The fourth-order valence-electron chi connectivity index (χ4n) is 4.94. The second kappa shape index (κ2) is 10.3. The van der Waals surface area contributed by atoms with E-state index in [0.29, 0.717) is 12.1 Å². The van der Waals surface area contributed by atoms with Gasteiger partial charge in [0.15, 0.2) is 5.76 Å². The van der Waals surface area contributed by atoms with Gasteiger partial charge in [-0.3, -0.25) is 9.59 Å². The van der Waals surface area contributed by atoms with Gasteiger partial charge in [0, 0.05) is 23.9 Å². The van der Waals surface area contributed by atoms with Crippen LogP contribution in [-0.2, 0) is 10.2 Å². The standard InChI is InChI=1S/C30H36N2O4/c1-6-31(7-2)17-10-18-32-26(20-13-15-22(16-14-20)30(3,4)5)25(28(34)29(32)35)27(33)24-19-21-11-8-9-12-23(21)36-24/h8-9,11-16,19,26,34H,6-7,10,17-18H2,1-5H3. The summed E-state index contributed by atoms with van der Waals surface area (Å²) in [5.74, 6) is -1.79. The highest BCUT2D eigenvalue weighted by Crippen LogP contribution is 2.39. The van der Waals surface area contributed by atoms with E-state index in [1.54, 1.807) is 17.0 Å². The Morgan fingerprint density at radius 2 is 1.72 bits per heavy atom. The lowest BCUT2D eigenvalue weighted by molar-refractivity contribution is -0.896. The molecule has 1 N–H and O–H groups in total. The van der Waals surface area contributed by atoms with Gasteiger partial charge in [-0.1, -0.05) is 63.2 Å². The van der Waals surface area contributed by atoms with Crippen LogP contribution in [0.25, 0.3) is 11.0 Å². The Labute approximate surface area is 213 Å². The number of para-hydroxylation sites is 1. The van der Waals surface area contributed by atoms with Crippen LogP contribution in [-0.4, -0.2) is 42.8 Å². The molecule has 0 aliphatic carbocycles. The molecule has 0 saturated carbocycles. The number of amides is 1. The molecule has 4 rings (SSSR count). The summed E-state index contributed by atoms with van der Waals surface area (Å²) in [4.78, 5) is 29.9. The number of Topliss-reactive ketones (excluding diaryl/α,β-unsaturated/α-hetero) is 1. The van der Waals surface area contributed by atoms with Crippen molar-refractivity contribution in [1.29, 1.82) is 0 Å². The van der Waals surface area contributed by atoms with Gasteiger partial charge >= 0.3 is 0 Å². The molecule has 190 valence electrons. The third kappa shape index (κ3) is 4.96. The van der Waals surface area contributed by atoms with Gasteiger partial charge < -0.3 is 19.3 Å². The molecule has 6 nitrogen and oxygen atoms in total. The van der Waals surface area contributed by atoms with E-state index >= 15 is 0 Å². The van der Waals surface area contributed by atoms with E-state index in [1.807, 2.05) is 42.5 Å². The lowest BCUT2D eigenvalue weighted by Crippen LogP contribution is -3.11. The van der Waals surface area contributed by atoms with E-state index in [0.717, 1.165) is 42.6 Å². The predicted molar refractivity (Wildman–Crippen MR) is 139 cm³/mol. The van der Waals surface area contributed by atoms with Gasteiger partial charge in [-0.05, 0) is 48.3 Å². The molecule has 1 unspecified atom stereocenters. The second-order valence-corrected chi connectivity index (χ2v) is 10.6. The van der Waals surface area contributed by atoms with Gasteiger partial charge in [-0.2, -0.15) is 0 Å². The smallest absolute Gasteiger partial charge is 0.239 e. The van der Waals surface area contributed by atoms with Gasteiger partial charge in [0.1, 0.15) is 5.58 Å². The number of rotatable bonds is 9. The largest absolute Gasteiger partial charge is 0.868 e. The second-order valence-electron chi connectivity index (χ2n) is 10.6. The first-order valence-corrected chi connectivity index (χ1v) is 12.8. The van der Waals surface area contributed by atoms with Crippen molar-refractivity contribution in [3.8, 4) is 0 Å². The van der Waals surface area contributed by atoms with Crippen LogP contribution in [0.4, 0.5) is 0 Å². The number of nitrogens with zero attached hydrogens (tertiary/aromatic N) is 1. The van der Waals surface area contributed by atoms with Gasteiger partial charge in [-0.25, -0.2) is 0 Å². The summed E-state index contributed by atoms with van der Waals surface area (Å²) < 4.78 is 5.80. The molecule has 1 amide bonds. The molecule has 1 atom stereocenters. The third-order valence-corrected chi connectivity index (χ3v) is 7.20. The van der Waals surface area contributed by atoms with E-state index < -0.39 is 23.5 Å². The maximum absolute atomic E-state index is 13.7. The Balaban J connectivity index is 1.71. The highest BCUT2D eigenvalue weighted by atomic mass is 16.3. The Morgan fingerprint density at radius 1 is 1.06 bits per heavy atom. The van der Waals surface area contributed by atoms with E-state index in [4.69, 9.17) is 4.42 Å². The van der Waals surface area contributed by atoms with Crippen molar-refractivity contribution in [2.24, 2.45) is 0 Å². The average Bonchev–Trinajstić information content (AvgIpc) is 3.40. The first-order chi connectivity index (χ1) is 17.2. The lowest BCUT2D eigenvalue weighted by atomic mass is 9.85. The summed E-state index contributed by atoms with van der Waals surface area (Å²) in [6, 6.07) is 16.2. The Kier molecular flexibility index (Phi) is 7.36. The molecule has 0 bridgehead atoms. The number of carbonyl (C=O) groups is 2. The van der Waals surface area contributed by atoms with Crippen molar-refractivity contribution < 1.29 is 24.0 Å². The molecule has 0 radical (unpaired) electrons. The van der Waals surface area contributed by atoms with E-state index in [2.05, 4.69) is 34.6 Å². The first kappa shape index (κ1) is 25.7. The van der Waals surface area contributed by atoms with Crippen LogP contribution >= 0.6 is 0 Å². The van der Waals surface area contributed by atoms with E-state index in [1.165, 1.54) is 4.90 Å².